The fourth-order valence-electron chi connectivity index (χ4n) is 4.95. The molecule has 0 N–H and O–H groups in total. The molecule has 3 aliphatic rings. The Kier molecular flexibility index (Phi) is 7.36. The smallest absolute Gasteiger partial charge is 0.227 e. The summed E-state index contributed by atoms with van der Waals surface area (Å²) in [5.74, 6) is 0.551. The van der Waals surface area contributed by atoms with Crippen LogP contribution in [0.2, 0.25) is 0 Å². The summed E-state index contributed by atoms with van der Waals surface area (Å²) in [6.07, 6.45) is 9.15. The highest BCUT2D eigenvalue weighted by atomic mass is 16.5. The number of carbonyl (C=O) groups is 1. The third-order valence-corrected chi connectivity index (χ3v) is 6.67. The largest absolute Gasteiger partial charge is 0.378 e. The Hall–Kier alpha value is -1.69. The highest BCUT2D eigenvalue weighted by Crippen LogP contribution is 2.25. The second-order valence-corrected chi connectivity index (χ2v) is 8.62. The van der Waals surface area contributed by atoms with Crippen LogP contribution in [-0.2, 0) is 9.53 Å². The molecule has 3 saturated heterocycles. The van der Waals surface area contributed by atoms with Gasteiger partial charge in [-0.2, -0.15) is 0 Å². The molecule has 3 heterocycles. The van der Waals surface area contributed by atoms with Gasteiger partial charge in [0, 0.05) is 32.2 Å². The Labute approximate surface area is 175 Å². The molecule has 29 heavy (non-hydrogen) atoms. The van der Waals surface area contributed by atoms with Crippen molar-refractivity contribution in [3.05, 3.63) is 42.0 Å². The second kappa shape index (κ2) is 10.4. The average molecular weight is 398 g/mol. The number of nitrogens with zero attached hydrogens (tertiary/aromatic N) is 3. The zero-order valence-electron chi connectivity index (χ0n) is 17.5. The van der Waals surface area contributed by atoms with Gasteiger partial charge >= 0.3 is 0 Å². The molecule has 1 aromatic carbocycles. The summed E-state index contributed by atoms with van der Waals surface area (Å²) in [6.45, 7) is 8.37. The average Bonchev–Trinajstić information content (AvgIpc) is 2.80. The van der Waals surface area contributed by atoms with Gasteiger partial charge in [0.2, 0.25) is 5.91 Å². The maximum atomic E-state index is 12.9. The molecule has 0 spiro atoms. The molecule has 1 amide bonds. The van der Waals surface area contributed by atoms with Gasteiger partial charge in [-0.3, -0.25) is 14.6 Å². The van der Waals surface area contributed by atoms with Gasteiger partial charge in [0.15, 0.2) is 0 Å². The van der Waals surface area contributed by atoms with Crippen LogP contribution < -0.4 is 0 Å². The van der Waals surface area contributed by atoms with Crippen LogP contribution in [0.4, 0.5) is 0 Å². The zero-order valence-corrected chi connectivity index (χ0v) is 17.5. The van der Waals surface area contributed by atoms with Crippen LogP contribution in [0, 0.1) is 5.92 Å². The maximum Gasteiger partial charge on any atom is 0.227 e. The van der Waals surface area contributed by atoms with E-state index in [1.54, 1.807) is 0 Å². The summed E-state index contributed by atoms with van der Waals surface area (Å²) in [5, 5.41) is 0. The number of hydrogen-bond acceptors (Lipinski definition) is 4. The van der Waals surface area contributed by atoms with Gasteiger partial charge in [0.1, 0.15) is 0 Å². The van der Waals surface area contributed by atoms with Crippen molar-refractivity contribution in [1.82, 2.24) is 14.7 Å². The van der Waals surface area contributed by atoms with Gasteiger partial charge in [0.05, 0.1) is 19.1 Å². The standard InChI is InChI=1S/C24H35N3O2/c28-24(26-16-18-29-19-17-26)22-9-5-13-27(20-22)23-10-14-25(15-11-23)12-4-8-21-6-2-1-3-7-21/h1-4,6-8,22-23H,5,9-20H2/b8-4+/t22-/m0/s1. The molecule has 0 bridgehead atoms. The van der Waals surface area contributed by atoms with Crippen LogP contribution >= 0.6 is 0 Å². The first-order valence-electron chi connectivity index (χ1n) is 11.3. The lowest BCUT2D eigenvalue weighted by molar-refractivity contribution is -0.141. The molecule has 4 rings (SSSR count). The molecule has 3 aliphatic heterocycles. The van der Waals surface area contributed by atoms with Crippen LogP contribution in [0.3, 0.4) is 0 Å². The SMILES string of the molecule is O=C([C@H]1CCCN(C2CCN(C/C=C/c3ccccc3)CC2)C1)N1CCOCC1. The van der Waals surface area contributed by atoms with E-state index in [1.165, 1.54) is 18.4 Å². The molecule has 0 aliphatic carbocycles. The van der Waals surface area contributed by atoms with Gasteiger partial charge in [-0.1, -0.05) is 42.5 Å². The van der Waals surface area contributed by atoms with Crippen LogP contribution in [-0.4, -0.2) is 85.7 Å². The van der Waals surface area contributed by atoms with E-state index in [2.05, 4.69) is 52.3 Å². The van der Waals surface area contributed by atoms with Gasteiger partial charge < -0.3 is 9.64 Å². The van der Waals surface area contributed by atoms with Crippen molar-refractivity contribution in [2.45, 2.75) is 31.7 Å². The van der Waals surface area contributed by atoms with Crippen LogP contribution in [0.5, 0.6) is 0 Å². The van der Waals surface area contributed by atoms with Gasteiger partial charge in [-0.25, -0.2) is 0 Å². The summed E-state index contributed by atoms with van der Waals surface area (Å²) >= 11 is 0. The number of amides is 1. The molecule has 5 heteroatoms. The molecule has 5 nitrogen and oxygen atoms in total. The summed E-state index contributed by atoms with van der Waals surface area (Å²) in [5.41, 5.74) is 1.27. The normalized spacial score (nSPS) is 25.5. The third kappa shape index (κ3) is 5.68. The quantitative estimate of drug-likeness (QED) is 0.766. The van der Waals surface area contributed by atoms with Crippen molar-refractivity contribution in [1.29, 1.82) is 0 Å². The lowest BCUT2D eigenvalue weighted by Gasteiger charge is -2.43. The Bertz CT molecular complexity index is 664. The Morgan fingerprint density at radius 2 is 1.76 bits per heavy atom. The first kappa shape index (κ1) is 20.6. The van der Waals surface area contributed by atoms with Crippen molar-refractivity contribution in [2.24, 2.45) is 5.92 Å². The molecule has 0 unspecified atom stereocenters. The van der Waals surface area contributed by atoms with E-state index < -0.39 is 0 Å². The zero-order chi connectivity index (χ0) is 19.9. The highest BCUT2D eigenvalue weighted by Gasteiger charge is 2.33. The molecule has 0 radical (unpaired) electrons. The Morgan fingerprint density at radius 3 is 2.52 bits per heavy atom. The summed E-state index contributed by atoms with van der Waals surface area (Å²) < 4.78 is 5.40. The molecule has 0 aromatic heterocycles. The number of morpholine rings is 1. The van der Waals surface area contributed by atoms with E-state index in [0.717, 1.165) is 58.7 Å². The first-order chi connectivity index (χ1) is 14.3. The highest BCUT2D eigenvalue weighted by molar-refractivity contribution is 5.79. The molecular weight excluding hydrogens is 362 g/mol. The summed E-state index contributed by atoms with van der Waals surface area (Å²) in [7, 11) is 0. The fraction of sp³-hybridized carbons (Fsp3) is 0.625. The molecular formula is C24H35N3O2. The van der Waals surface area contributed by atoms with Gasteiger partial charge in [0.25, 0.3) is 0 Å². The number of rotatable bonds is 5. The van der Waals surface area contributed by atoms with Gasteiger partial charge in [-0.15, -0.1) is 0 Å². The van der Waals surface area contributed by atoms with E-state index >= 15 is 0 Å². The third-order valence-electron chi connectivity index (χ3n) is 6.67. The van der Waals surface area contributed by atoms with Crippen molar-refractivity contribution in [3.8, 4) is 0 Å². The predicted octanol–water partition coefficient (Wildman–Crippen LogP) is 2.74. The number of benzene rings is 1. The van der Waals surface area contributed by atoms with E-state index in [9.17, 15) is 4.79 Å². The van der Waals surface area contributed by atoms with Crippen molar-refractivity contribution in [3.63, 3.8) is 0 Å². The molecule has 1 aromatic rings. The van der Waals surface area contributed by atoms with Crippen LogP contribution in [0.1, 0.15) is 31.2 Å². The Balaban J connectivity index is 1.22. The van der Waals surface area contributed by atoms with Crippen molar-refractivity contribution < 1.29 is 9.53 Å². The minimum atomic E-state index is 0.189. The van der Waals surface area contributed by atoms with E-state index in [4.69, 9.17) is 4.74 Å². The monoisotopic (exact) mass is 397 g/mol. The summed E-state index contributed by atoms with van der Waals surface area (Å²) in [6, 6.07) is 11.2. The lowest BCUT2D eigenvalue weighted by Crippen LogP contribution is -2.52. The van der Waals surface area contributed by atoms with E-state index in [0.29, 0.717) is 25.2 Å². The summed E-state index contributed by atoms with van der Waals surface area (Å²) in [4.78, 5) is 20.1. The minimum absolute atomic E-state index is 0.189. The predicted molar refractivity (Wildman–Crippen MR) is 117 cm³/mol. The molecule has 0 saturated carbocycles. The number of likely N-dealkylation sites (tertiary alicyclic amines) is 2. The molecule has 3 fully saturated rings. The van der Waals surface area contributed by atoms with E-state index in [-0.39, 0.29) is 5.92 Å². The number of hydrogen-bond donors (Lipinski definition) is 0. The van der Waals surface area contributed by atoms with Crippen LogP contribution in [0.25, 0.3) is 6.08 Å². The lowest BCUT2D eigenvalue weighted by atomic mass is 9.92. The van der Waals surface area contributed by atoms with Crippen molar-refractivity contribution >= 4 is 12.0 Å². The van der Waals surface area contributed by atoms with Crippen LogP contribution in [0.15, 0.2) is 36.4 Å². The maximum absolute atomic E-state index is 12.9. The first-order valence-corrected chi connectivity index (χ1v) is 11.3. The molecule has 158 valence electrons. The minimum Gasteiger partial charge on any atom is -0.378 e. The number of piperidine rings is 2. The van der Waals surface area contributed by atoms with Crippen molar-refractivity contribution in [2.75, 3.05) is 59.0 Å². The second-order valence-electron chi connectivity index (χ2n) is 8.62. The Morgan fingerprint density at radius 1 is 1.00 bits per heavy atom. The topological polar surface area (TPSA) is 36.0 Å². The number of ether oxygens (including phenoxy) is 1. The fourth-order valence-corrected chi connectivity index (χ4v) is 4.95. The van der Waals surface area contributed by atoms with Gasteiger partial charge in [-0.05, 0) is 50.9 Å². The number of carbonyl (C=O) groups excluding carboxylic acids is 1. The van der Waals surface area contributed by atoms with E-state index in [1.807, 2.05) is 4.90 Å². The molecule has 1 atom stereocenters.